The highest BCUT2D eigenvalue weighted by molar-refractivity contribution is 7.47. The number of esters is 2. The van der Waals surface area contributed by atoms with Gasteiger partial charge in [0.1, 0.15) is 12.7 Å². The van der Waals surface area contributed by atoms with Gasteiger partial charge in [-0.3, -0.25) is 23.4 Å². The number of hydrogen-bond acceptors (Lipinski definition) is 10. The maximum absolute atomic E-state index is 12.6. The summed E-state index contributed by atoms with van der Waals surface area (Å²) in [6.07, 6.45) is 31.1. The number of aliphatic hydroxyl groups is 2. The van der Waals surface area contributed by atoms with Crippen LogP contribution < -0.4 is 0 Å². The van der Waals surface area contributed by atoms with E-state index in [9.17, 15) is 28.9 Å². The molecule has 11 nitrogen and oxygen atoms in total. The summed E-state index contributed by atoms with van der Waals surface area (Å²) in [5.41, 5.74) is 0. The van der Waals surface area contributed by atoms with E-state index in [1.54, 1.807) is 12.2 Å². The van der Waals surface area contributed by atoms with Gasteiger partial charge in [0.15, 0.2) is 11.9 Å². The molecular formula is C43H79O11P. The molecule has 0 aliphatic heterocycles. The van der Waals surface area contributed by atoms with Crippen LogP contribution in [0.15, 0.2) is 24.3 Å². The molecule has 1 unspecified atom stereocenters. The van der Waals surface area contributed by atoms with Crippen molar-refractivity contribution in [3.63, 3.8) is 0 Å². The van der Waals surface area contributed by atoms with E-state index in [2.05, 4.69) is 31.4 Å². The molecule has 0 aromatic heterocycles. The van der Waals surface area contributed by atoms with Crippen molar-refractivity contribution in [2.24, 2.45) is 5.92 Å². The minimum absolute atomic E-state index is 0.109. The number of ether oxygens (including phenoxy) is 2. The fraction of sp³-hybridized carbons (Fsp3) is 0.837. The normalized spacial score (nSPS) is 14.1. The summed E-state index contributed by atoms with van der Waals surface area (Å²) in [4.78, 5) is 47.0. The molecule has 0 aliphatic carbocycles. The molecule has 0 aromatic carbocycles. The maximum Gasteiger partial charge on any atom is 0.472 e. The molecule has 3 atom stereocenters. The van der Waals surface area contributed by atoms with E-state index in [0.29, 0.717) is 19.3 Å². The lowest BCUT2D eigenvalue weighted by Gasteiger charge is -2.20. The van der Waals surface area contributed by atoms with Crippen molar-refractivity contribution in [2.75, 3.05) is 26.4 Å². The van der Waals surface area contributed by atoms with E-state index in [1.165, 1.54) is 83.5 Å². The first-order valence-electron chi connectivity index (χ1n) is 21.6. The number of carbonyl (C=O) groups excluding carboxylic acids is 3. The zero-order chi connectivity index (χ0) is 40.8. The Balaban J connectivity index is 4.36. The van der Waals surface area contributed by atoms with Crippen LogP contribution in [0.5, 0.6) is 0 Å². The molecule has 0 saturated carbocycles. The molecule has 0 radical (unpaired) electrons. The second-order valence-electron chi connectivity index (χ2n) is 15.2. The highest BCUT2D eigenvalue weighted by atomic mass is 31.2. The van der Waals surface area contributed by atoms with Gasteiger partial charge in [-0.25, -0.2) is 4.57 Å². The molecular weight excluding hydrogens is 723 g/mol. The largest absolute Gasteiger partial charge is 0.472 e. The van der Waals surface area contributed by atoms with Gasteiger partial charge in [-0.1, -0.05) is 155 Å². The number of phosphoric ester groups is 1. The van der Waals surface area contributed by atoms with Gasteiger partial charge < -0.3 is 24.6 Å². The van der Waals surface area contributed by atoms with Gasteiger partial charge in [-0.05, 0) is 44.1 Å². The van der Waals surface area contributed by atoms with Crippen LogP contribution in [0.2, 0.25) is 0 Å². The van der Waals surface area contributed by atoms with Crippen LogP contribution in [0.25, 0.3) is 0 Å². The van der Waals surface area contributed by atoms with Crippen molar-refractivity contribution in [1.29, 1.82) is 0 Å². The quantitative estimate of drug-likeness (QED) is 0.0177. The molecule has 12 heteroatoms. The molecule has 3 N–H and O–H groups in total. The third kappa shape index (κ3) is 38.8. The Kier molecular flexibility index (Phi) is 36.4. The number of rotatable bonds is 40. The second-order valence-corrected chi connectivity index (χ2v) is 16.7. The van der Waals surface area contributed by atoms with Gasteiger partial charge in [-0.2, -0.15) is 0 Å². The predicted molar refractivity (Wildman–Crippen MR) is 220 cm³/mol. The van der Waals surface area contributed by atoms with E-state index < -0.39 is 51.8 Å². The van der Waals surface area contributed by atoms with Crippen LogP contribution in [-0.2, 0) is 37.5 Å². The Morgan fingerprint density at radius 3 is 1.69 bits per heavy atom. The lowest BCUT2D eigenvalue weighted by atomic mass is 10.0. The van der Waals surface area contributed by atoms with Gasteiger partial charge in [0.2, 0.25) is 0 Å². The first kappa shape index (κ1) is 53.1. The van der Waals surface area contributed by atoms with Gasteiger partial charge in [0.25, 0.3) is 0 Å². The number of ketones is 1. The molecule has 0 spiro atoms. The van der Waals surface area contributed by atoms with E-state index in [1.807, 2.05) is 6.08 Å². The summed E-state index contributed by atoms with van der Waals surface area (Å²) in [6.45, 7) is 4.53. The average Bonchev–Trinajstić information content (AvgIpc) is 3.15. The molecule has 55 heavy (non-hydrogen) atoms. The summed E-state index contributed by atoms with van der Waals surface area (Å²) >= 11 is 0. The summed E-state index contributed by atoms with van der Waals surface area (Å²) in [5.74, 6) is -0.0961. The van der Waals surface area contributed by atoms with E-state index in [4.69, 9.17) is 19.1 Å². The standard InChI is InChI=1S/C43H79O11P/c1-4-5-6-7-15-20-25-30-39(45)31-26-21-18-23-27-32-42(47)51-36-41(37-53-55(49,50)52-35-40(46)34-44)54-43(48)33-28-22-17-14-12-10-8-9-11-13-16-19-24-29-38(2)3/h15,20,25,30,38,40-41,44,46H,4-14,16-19,21-24,26-29,31-37H2,1-3H3,(H,49,50)/b20-15-,30-25+/t40-,41+/m0/s1. The molecule has 0 fully saturated rings. The highest BCUT2D eigenvalue weighted by Crippen LogP contribution is 2.43. The summed E-state index contributed by atoms with van der Waals surface area (Å²) in [5, 5.41) is 18.3. The minimum Gasteiger partial charge on any atom is -0.462 e. The summed E-state index contributed by atoms with van der Waals surface area (Å²) in [6, 6.07) is 0. The number of unbranched alkanes of at least 4 members (excludes halogenated alkanes) is 19. The van der Waals surface area contributed by atoms with Crippen LogP contribution in [-0.4, -0.2) is 71.5 Å². The molecule has 0 rings (SSSR count). The Morgan fingerprint density at radius 2 is 1.15 bits per heavy atom. The monoisotopic (exact) mass is 803 g/mol. The van der Waals surface area contributed by atoms with Gasteiger partial charge in [-0.15, -0.1) is 0 Å². The molecule has 322 valence electrons. The third-order valence-electron chi connectivity index (χ3n) is 9.26. The summed E-state index contributed by atoms with van der Waals surface area (Å²) in [7, 11) is -4.64. The highest BCUT2D eigenvalue weighted by Gasteiger charge is 2.27. The Hall–Kier alpha value is -1.88. The zero-order valence-electron chi connectivity index (χ0n) is 34.8. The maximum atomic E-state index is 12.6. The van der Waals surface area contributed by atoms with Crippen molar-refractivity contribution >= 4 is 25.5 Å². The van der Waals surface area contributed by atoms with Crippen molar-refractivity contribution in [3.8, 4) is 0 Å². The number of allylic oxidation sites excluding steroid dienone is 4. The number of hydrogen-bond donors (Lipinski definition) is 3. The second kappa shape index (κ2) is 37.7. The van der Waals surface area contributed by atoms with Crippen LogP contribution in [0.3, 0.4) is 0 Å². The molecule has 0 aromatic rings. The third-order valence-corrected chi connectivity index (χ3v) is 10.2. The SMILES string of the molecule is CCCCC/C=C\C=C\C(=O)CCCCCCCC(=O)OC[C@H](COP(=O)(O)OC[C@@H](O)CO)OC(=O)CCCCCCCCCCCCCCCC(C)C. The number of phosphoric acid groups is 1. The van der Waals surface area contributed by atoms with E-state index in [-0.39, 0.29) is 25.2 Å². The first-order chi connectivity index (χ1) is 26.5. The van der Waals surface area contributed by atoms with Crippen molar-refractivity contribution in [2.45, 2.75) is 200 Å². The molecule has 0 aliphatic rings. The van der Waals surface area contributed by atoms with Crippen LogP contribution >= 0.6 is 7.82 Å². The topological polar surface area (TPSA) is 166 Å². The zero-order valence-corrected chi connectivity index (χ0v) is 35.7. The Labute approximate surface area is 334 Å². The van der Waals surface area contributed by atoms with Crippen LogP contribution in [0.4, 0.5) is 0 Å². The molecule has 0 bridgehead atoms. The van der Waals surface area contributed by atoms with Crippen molar-refractivity contribution in [1.82, 2.24) is 0 Å². The first-order valence-corrected chi connectivity index (χ1v) is 23.1. The van der Waals surface area contributed by atoms with E-state index >= 15 is 0 Å². The number of aliphatic hydroxyl groups excluding tert-OH is 2. The fourth-order valence-corrected chi connectivity index (χ4v) is 6.65. The van der Waals surface area contributed by atoms with Gasteiger partial charge >= 0.3 is 19.8 Å². The molecule has 0 amide bonds. The van der Waals surface area contributed by atoms with Crippen LogP contribution in [0.1, 0.15) is 188 Å². The summed E-state index contributed by atoms with van der Waals surface area (Å²) < 4.78 is 32.6. The minimum atomic E-state index is -4.64. The van der Waals surface area contributed by atoms with Crippen molar-refractivity contribution in [3.05, 3.63) is 24.3 Å². The molecule has 0 heterocycles. The van der Waals surface area contributed by atoms with Gasteiger partial charge in [0.05, 0.1) is 19.8 Å². The van der Waals surface area contributed by atoms with Crippen LogP contribution in [0, 0.1) is 5.92 Å². The van der Waals surface area contributed by atoms with Gasteiger partial charge in [0, 0.05) is 19.3 Å². The lowest BCUT2D eigenvalue weighted by molar-refractivity contribution is -0.161. The molecule has 0 saturated heterocycles. The average molecular weight is 803 g/mol. The smallest absolute Gasteiger partial charge is 0.462 e. The Morgan fingerprint density at radius 1 is 0.636 bits per heavy atom. The number of carbonyl (C=O) groups is 3. The Bertz CT molecular complexity index is 1050. The lowest BCUT2D eigenvalue weighted by Crippen LogP contribution is -2.29. The van der Waals surface area contributed by atoms with E-state index in [0.717, 1.165) is 57.3 Å². The predicted octanol–water partition coefficient (Wildman–Crippen LogP) is 10.4. The van der Waals surface area contributed by atoms with Crippen molar-refractivity contribution < 1.29 is 52.6 Å². The fourth-order valence-electron chi connectivity index (χ4n) is 5.87.